The Labute approximate surface area is 99.9 Å². The molecule has 0 aromatic heterocycles. The molecule has 2 N–H and O–H groups in total. The summed E-state index contributed by atoms with van der Waals surface area (Å²) in [6, 6.07) is 6.19. The van der Waals surface area contributed by atoms with E-state index in [1.54, 1.807) is 17.0 Å². The third kappa shape index (κ3) is 2.69. The van der Waals surface area contributed by atoms with Gasteiger partial charge in [-0.25, -0.2) is 4.21 Å². The molecule has 1 aromatic rings. The highest BCUT2D eigenvalue weighted by molar-refractivity contribution is 7.79. The summed E-state index contributed by atoms with van der Waals surface area (Å²) in [6.07, 6.45) is 0. The number of amides is 2. The zero-order chi connectivity index (χ0) is 12.4. The predicted molar refractivity (Wildman–Crippen MR) is 60.8 cm³/mol. The van der Waals surface area contributed by atoms with Gasteiger partial charge in [-0.15, -0.1) is 0 Å². The van der Waals surface area contributed by atoms with Crippen LogP contribution in [0.4, 0.5) is 5.69 Å². The Morgan fingerprint density at radius 2 is 1.65 bits per heavy atom. The van der Waals surface area contributed by atoms with Crippen LogP contribution in [0.3, 0.4) is 0 Å². The zero-order valence-corrected chi connectivity index (χ0v) is 9.57. The summed E-state index contributed by atoms with van der Waals surface area (Å²) in [5, 5.41) is 2.20. The zero-order valence-electron chi connectivity index (χ0n) is 8.75. The first-order valence-corrected chi connectivity index (χ1v) is 5.95. The van der Waals surface area contributed by atoms with Crippen LogP contribution in [0.25, 0.3) is 0 Å². The van der Waals surface area contributed by atoms with E-state index in [4.69, 9.17) is 4.55 Å². The van der Waals surface area contributed by atoms with Crippen molar-refractivity contribution in [3.8, 4) is 0 Å². The molecule has 1 aliphatic rings. The van der Waals surface area contributed by atoms with Gasteiger partial charge in [0.15, 0.2) is 11.1 Å². The summed E-state index contributed by atoms with van der Waals surface area (Å²) in [4.78, 5) is 24.2. The van der Waals surface area contributed by atoms with Gasteiger partial charge in [0, 0.05) is 5.69 Å². The number of nitrogens with one attached hydrogen (secondary N) is 1. The summed E-state index contributed by atoms with van der Waals surface area (Å²) < 4.78 is 19.6. The smallest absolute Gasteiger partial charge is 0.246 e. The number of carbonyl (C=O) groups is 2. The lowest BCUT2D eigenvalue weighted by Crippen LogP contribution is -2.51. The number of nitrogens with zero attached hydrogens (tertiary/aromatic N) is 1. The molecule has 17 heavy (non-hydrogen) atoms. The maximum atomic E-state index is 11.2. The molecule has 90 valence electrons. The topological polar surface area (TPSA) is 86.7 Å². The van der Waals surface area contributed by atoms with E-state index in [-0.39, 0.29) is 29.8 Å². The molecule has 0 spiro atoms. The van der Waals surface area contributed by atoms with Crippen molar-refractivity contribution in [3.05, 3.63) is 24.3 Å². The van der Waals surface area contributed by atoms with E-state index < -0.39 is 11.1 Å². The fraction of sp³-hybridized carbons (Fsp3) is 0.200. The van der Waals surface area contributed by atoms with Crippen LogP contribution in [0, 0.1) is 0 Å². The molecule has 0 bridgehead atoms. The van der Waals surface area contributed by atoms with Gasteiger partial charge in [-0.05, 0) is 24.3 Å². The molecule has 1 atom stereocenters. The second-order valence-electron chi connectivity index (χ2n) is 3.57. The molecule has 2 amide bonds. The van der Waals surface area contributed by atoms with Gasteiger partial charge in [0.25, 0.3) is 0 Å². The molecular weight excluding hydrogens is 244 g/mol. The van der Waals surface area contributed by atoms with Gasteiger partial charge in [-0.1, -0.05) is 0 Å². The largest absolute Gasteiger partial charge is 0.353 e. The minimum absolute atomic E-state index is 0.104. The van der Waals surface area contributed by atoms with Crippen LogP contribution in [0.2, 0.25) is 0 Å². The van der Waals surface area contributed by atoms with Crippen LogP contribution in [-0.4, -0.2) is 33.7 Å². The van der Waals surface area contributed by atoms with E-state index in [2.05, 4.69) is 5.32 Å². The number of benzene rings is 1. The number of carbonyl (C=O) groups excluding carboxylic acids is 2. The Kier molecular flexibility index (Phi) is 3.21. The predicted octanol–water partition coefficient (Wildman–Crippen LogP) is -0.270. The summed E-state index contributed by atoms with van der Waals surface area (Å²) >= 11 is -2.02. The number of anilines is 1. The molecule has 6 nitrogen and oxygen atoms in total. The fourth-order valence-electron chi connectivity index (χ4n) is 1.59. The number of imide groups is 1. The summed E-state index contributed by atoms with van der Waals surface area (Å²) in [5.41, 5.74) is 0.669. The van der Waals surface area contributed by atoms with E-state index in [0.717, 1.165) is 0 Å². The van der Waals surface area contributed by atoms with E-state index in [0.29, 0.717) is 5.69 Å². The van der Waals surface area contributed by atoms with E-state index >= 15 is 0 Å². The van der Waals surface area contributed by atoms with Crippen molar-refractivity contribution < 1.29 is 18.4 Å². The van der Waals surface area contributed by atoms with Crippen molar-refractivity contribution in [1.82, 2.24) is 5.32 Å². The first-order valence-electron chi connectivity index (χ1n) is 4.85. The number of piperazine rings is 1. The van der Waals surface area contributed by atoms with Gasteiger partial charge >= 0.3 is 0 Å². The molecule has 1 fully saturated rings. The van der Waals surface area contributed by atoms with Gasteiger partial charge in [0.05, 0.1) is 18.0 Å². The van der Waals surface area contributed by atoms with Crippen molar-refractivity contribution in [2.24, 2.45) is 0 Å². The van der Waals surface area contributed by atoms with E-state index in [1.165, 1.54) is 12.1 Å². The number of hydrogen-bond acceptors (Lipinski definition) is 4. The lowest BCUT2D eigenvalue weighted by Gasteiger charge is -2.27. The van der Waals surface area contributed by atoms with Gasteiger partial charge in [-0.3, -0.25) is 14.9 Å². The molecule has 1 heterocycles. The Hall–Kier alpha value is -1.73. The monoisotopic (exact) mass is 254 g/mol. The Balaban J connectivity index is 2.19. The standard InChI is InChI=1S/C10H10N2O4S/c13-9-5-12(6-10(14)11-9)7-1-3-8(4-2-7)17(15)16/h1-4H,5-6H2,(H,15,16)(H,11,13,14). The van der Waals surface area contributed by atoms with Gasteiger partial charge in [0.2, 0.25) is 11.8 Å². The first kappa shape index (κ1) is 11.7. The maximum absolute atomic E-state index is 11.2. The van der Waals surface area contributed by atoms with Crippen molar-refractivity contribution in [2.75, 3.05) is 18.0 Å². The highest BCUT2D eigenvalue weighted by atomic mass is 32.2. The highest BCUT2D eigenvalue weighted by Crippen LogP contribution is 2.17. The van der Waals surface area contributed by atoms with Crippen LogP contribution >= 0.6 is 0 Å². The number of hydrogen-bond donors (Lipinski definition) is 2. The lowest BCUT2D eigenvalue weighted by molar-refractivity contribution is -0.130. The molecule has 2 rings (SSSR count). The molecular formula is C10H10N2O4S. The van der Waals surface area contributed by atoms with Gasteiger partial charge < -0.3 is 9.45 Å². The van der Waals surface area contributed by atoms with Crippen molar-refractivity contribution in [1.29, 1.82) is 0 Å². The highest BCUT2D eigenvalue weighted by Gasteiger charge is 2.22. The minimum Gasteiger partial charge on any atom is -0.353 e. The molecule has 0 radical (unpaired) electrons. The summed E-state index contributed by atoms with van der Waals surface area (Å²) in [7, 11) is 0. The summed E-state index contributed by atoms with van der Waals surface area (Å²) in [6.45, 7) is 0.209. The molecule has 1 saturated heterocycles. The second kappa shape index (κ2) is 4.64. The minimum atomic E-state index is -2.02. The second-order valence-corrected chi connectivity index (χ2v) is 4.54. The van der Waals surface area contributed by atoms with Gasteiger partial charge in [0.1, 0.15) is 0 Å². The van der Waals surface area contributed by atoms with Crippen LogP contribution in [0.5, 0.6) is 0 Å². The quantitative estimate of drug-likeness (QED) is 0.560. The average Bonchev–Trinajstić information content (AvgIpc) is 2.28. The third-order valence-corrected chi connectivity index (χ3v) is 3.03. The van der Waals surface area contributed by atoms with Crippen LogP contribution in [0.15, 0.2) is 29.2 Å². The van der Waals surface area contributed by atoms with Crippen LogP contribution in [0.1, 0.15) is 0 Å². The SMILES string of the molecule is O=C1CN(c2ccc(S(=O)O)cc2)CC(=O)N1. The normalized spacial score (nSPS) is 17.8. The van der Waals surface area contributed by atoms with Crippen molar-refractivity contribution in [2.45, 2.75) is 4.90 Å². The van der Waals surface area contributed by atoms with E-state index in [9.17, 15) is 13.8 Å². The van der Waals surface area contributed by atoms with Crippen LogP contribution < -0.4 is 10.2 Å². The average molecular weight is 254 g/mol. The number of rotatable bonds is 2. The molecule has 0 aliphatic carbocycles. The molecule has 1 aromatic carbocycles. The Morgan fingerprint density at radius 1 is 1.12 bits per heavy atom. The molecule has 0 saturated carbocycles. The maximum Gasteiger partial charge on any atom is 0.246 e. The lowest BCUT2D eigenvalue weighted by atomic mass is 10.2. The fourth-order valence-corrected chi connectivity index (χ4v) is 1.96. The van der Waals surface area contributed by atoms with Crippen LogP contribution in [-0.2, 0) is 20.7 Å². The molecule has 1 aliphatic heterocycles. The molecule has 7 heteroatoms. The van der Waals surface area contributed by atoms with Gasteiger partial charge in [-0.2, -0.15) is 0 Å². The third-order valence-electron chi connectivity index (χ3n) is 2.35. The van der Waals surface area contributed by atoms with Crippen molar-refractivity contribution >= 4 is 28.6 Å². The van der Waals surface area contributed by atoms with Crippen molar-refractivity contribution in [3.63, 3.8) is 0 Å². The Morgan fingerprint density at radius 3 is 2.12 bits per heavy atom. The summed E-state index contributed by atoms with van der Waals surface area (Å²) in [5.74, 6) is -0.702. The first-order chi connectivity index (χ1) is 8.06. The van der Waals surface area contributed by atoms with E-state index in [1.807, 2.05) is 0 Å². The molecule has 1 unspecified atom stereocenters. The Bertz CT molecular complexity index is 470.